The Morgan fingerprint density at radius 1 is 1.38 bits per heavy atom. The highest BCUT2D eigenvalue weighted by molar-refractivity contribution is 5.95. The molecule has 112 valence electrons. The normalized spacial score (nSPS) is 12.0. The minimum Gasteiger partial charge on any atom is -0.397 e. The van der Waals surface area contributed by atoms with Crippen LogP contribution in [-0.4, -0.2) is 18.1 Å². The Labute approximate surface area is 123 Å². The van der Waals surface area contributed by atoms with Crippen molar-refractivity contribution in [3.8, 4) is 0 Å². The molecule has 1 unspecified atom stereocenters. The van der Waals surface area contributed by atoms with Gasteiger partial charge in [0.05, 0.1) is 23.1 Å². The molecule has 0 spiro atoms. The van der Waals surface area contributed by atoms with Crippen molar-refractivity contribution in [2.24, 2.45) is 0 Å². The molecule has 1 heterocycles. The van der Waals surface area contributed by atoms with Crippen molar-refractivity contribution in [3.05, 3.63) is 40.8 Å². The molecule has 0 saturated carbocycles. The SMILES string of the molecule is CNC(=O)c1ccc(NC(C)c2c(C)noc2C)c(N)c1. The number of nitrogen functional groups attached to an aromatic ring is 1. The van der Waals surface area contributed by atoms with E-state index < -0.39 is 0 Å². The molecule has 0 fully saturated rings. The molecular formula is C15H20N4O2. The van der Waals surface area contributed by atoms with Gasteiger partial charge in [-0.3, -0.25) is 4.79 Å². The first-order valence-corrected chi connectivity index (χ1v) is 6.75. The summed E-state index contributed by atoms with van der Waals surface area (Å²) < 4.78 is 5.18. The Balaban J connectivity index is 2.22. The van der Waals surface area contributed by atoms with Crippen molar-refractivity contribution >= 4 is 17.3 Å². The van der Waals surface area contributed by atoms with Gasteiger partial charge in [-0.25, -0.2) is 0 Å². The second kappa shape index (κ2) is 5.87. The molecule has 4 N–H and O–H groups in total. The number of hydrogen-bond donors (Lipinski definition) is 3. The Morgan fingerprint density at radius 2 is 2.10 bits per heavy atom. The van der Waals surface area contributed by atoms with E-state index in [4.69, 9.17) is 10.3 Å². The first-order chi connectivity index (χ1) is 9.93. The fourth-order valence-electron chi connectivity index (χ4n) is 2.39. The van der Waals surface area contributed by atoms with Crippen molar-refractivity contribution in [1.29, 1.82) is 0 Å². The summed E-state index contributed by atoms with van der Waals surface area (Å²) in [5.41, 5.74) is 9.71. The molecule has 1 atom stereocenters. The zero-order valence-corrected chi connectivity index (χ0v) is 12.7. The largest absolute Gasteiger partial charge is 0.397 e. The third-order valence-electron chi connectivity index (χ3n) is 3.43. The van der Waals surface area contributed by atoms with E-state index in [0.29, 0.717) is 11.3 Å². The molecular weight excluding hydrogens is 268 g/mol. The van der Waals surface area contributed by atoms with Crippen molar-refractivity contribution in [2.75, 3.05) is 18.1 Å². The fraction of sp³-hybridized carbons (Fsp3) is 0.333. The zero-order valence-electron chi connectivity index (χ0n) is 12.7. The molecule has 0 aliphatic carbocycles. The highest BCUT2D eigenvalue weighted by atomic mass is 16.5. The van der Waals surface area contributed by atoms with Crippen molar-refractivity contribution in [2.45, 2.75) is 26.8 Å². The van der Waals surface area contributed by atoms with E-state index in [0.717, 1.165) is 22.7 Å². The number of nitrogens with zero attached hydrogens (tertiary/aromatic N) is 1. The van der Waals surface area contributed by atoms with E-state index in [1.165, 1.54) is 0 Å². The molecule has 6 nitrogen and oxygen atoms in total. The van der Waals surface area contributed by atoms with Gasteiger partial charge in [0.15, 0.2) is 0 Å². The number of benzene rings is 1. The molecule has 0 radical (unpaired) electrons. The number of aromatic nitrogens is 1. The molecule has 2 aromatic rings. The van der Waals surface area contributed by atoms with Crippen molar-refractivity contribution < 1.29 is 9.32 Å². The van der Waals surface area contributed by atoms with E-state index in [2.05, 4.69) is 15.8 Å². The van der Waals surface area contributed by atoms with Crippen LogP contribution in [0.5, 0.6) is 0 Å². The Kier molecular flexibility index (Phi) is 4.16. The molecule has 21 heavy (non-hydrogen) atoms. The lowest BCUT2D eigenvalue weighted by Gasteiger charge is -2.17. The smallest absolute Gasteiger partial charge is 0.251 e. The van der Waals surface area contributed by atoms with Gasteiger partial charge < -0.3 is 20.9 Å². The highest BCUT2D eigenvalue weighted by Gasteiger charge is 2.17. The second-order valence-corrected chi connectivity index (χ2v) is 4.99. The molecule has 0 saturated heterocycles. The van der Waals surface area contributed by atoms with Crippen LogP contribution in [0.2, 0.25) is 0 Å². The molecule has 1 aromatic carbocycles. The summed E-state index contributed by atoms with van der Waals surface area (Å²) in [6.45, 7) is 5.80. The lowest BCUT2D eigenvalue weighted by atomic mass is 10.1. The van der Waals surface area contributed by atoms with Crippen LogP contribution in [0.15, 0.2) is 22.7 Å². The Morgan fingerprint density at radius 3 is 2.62 bits per heavy atom. The summed E-state index contributed by atoms with van der Waals surface area (Å²) in [6.07, 6.45) is 0. The van der Waals surface area contributed by atoms with Gasteiger partial charge in [0, 0.05) is 18.2 Å². The quantitative estimate of drug-likeness (QED) is 0.751. The van der Waals surface area contributed by atoms with Crippen molar-refractivity contribution in [3.63, 3.8) is 0 Å². The maximum absolute atomic E-state index is 11.6. The molecule has 2 rings (SSSR count). The summed E-state index contributed by atoms with van der Waals surface area (Å²) in [7, 11) is 1.59. The minimum atomic E-state index is -0.160. The minimum absolute atomic E-state index is 0.00408. The van der Waals surface area contributed by atoms with Gasteiger partial charge in [0.2, 0.25) is 0 Å². The van der Waals surface area contributed by atoms with E-state index >= 15 is 0 Å². The lowest BCUT2D eigenvalue weighted by Crippen LogP contribution is -2.18. The van der Waals surface area contributed by atoms with Gasteiger partial charge >= 0.3 is 0 Å². The maximum Gasteiger partial charge on any atom is 0.251 e. The molecule has 6 heteroatoms. The number of amides is 1. The molecule has 0 bridgehead atoms. The van der Waals surface area contributed by atoms with E-state index in [-0.39, 0.29) is 11.9 Å². The fourth-order valence-corrected chi connectivity index (χ4v) is 2.39. The predicted octanol–water partition coefficient (Wildman–Crippen LogP) is 2.41. The Bertz CT molecular complexity index is 644. The van der Waals surface area contributed by atoms with Gasteiger partial charge in [0.1, 0.15) is 5.76 Å². The second-order valence-electron chi connectivity index (χ2n) is 4.99. The number of nitrogens with one attached hydrogen (secondary N) is 2. The van der Waals surface area contributed by atoms with Crippen LogP contribution >= 0.6 is 0 Å². The Hall–Kier alpha value is -2.50. The van der Waals surface area contributed by atoms with Crippen LogP contribution in [0.1, 0.15) is 40.3 Å². The predicted molar refractivity (Wildman–Crippen MR) is 82.3 cm³/mol. The maximum atomic E-state index is 11.6. The number of hydrogen-bond acceptors (Lipinski definition) is 5. The van der Waals surface area contributed by atoms with Crippen LogP contribution in [-0.2, 0) is 0 Å². The number of rotatable bonds is 4. The van der Waals surface area contributed by atoms with Crippen LogP contribution in [0.3, 0.4) is 0 Å². The van der Waals surface area contributed by atoms with Gasteiger partial charge in [-0.1, -0.05) is 5.16 Å². The van der Waals surface area contributed by atoms with E-state index in [1.54, 1.807) is 25.2 Å². The van der Waals surface area contributed by atoms with Gasteiger partial charge in [-0.15, -0.1) is 0 Å². The summed E-state index contributed by atoms with van der Waals surface area (Å²) in [6, 6.07) is 5.19. The molecule has 1 aromatic heterocycles. The summed E-state index contributed by atoms with van der Waals surface area (Å²) >= 11 is 0. The van der Waals surface area contributed by atoms with Crippen LogP contribution in [0, 0.1) is 13.8 Å². The molecule has 0 aliphatic heterocycles. The third kappa shape index (κ3) is 2.99. The average Bonchev–Trinajstić information content (AvgIpc) is 2.79. The summed E-state index contributed by atoms with van der Waals surface area (Å²) in [4.78, 5) is 11.6. The zero-order chi connectivity index (χ0) is 15.6. The van der Waals surface area contributed by atoms with Crippen LogP contribution < -0.4 is 16.4 Å². The molecule has 1 amide bonds. The van der Waals surface area contributed by atoms with Crippen LogP contribution in [0.4, 0.5) is 11.4 Å². The number of anilines is 2. The van der Waals surface area contributed by atoms with E-state index in [1.807, 2.05) is 20.8 Å². The number of carbonyl (C=O) groups excluding carboxylic acids is 1. The van der Waals surface area contributed by atoms with E-state index in [9.17, 15) is 4.79 Å². The monoisotopic (exact) mass is 288 g/mol. The van der Waals surface area contributed by atoms with Crippen molar-refractivity contribution in [1.82, 2.24) is 10.5 Å². The van der Waals surface area contributed by atoms with Gasteiger partial charge in [0.25, 0.3) is 5.91 Å². The highest BCUT2D eigenvalue weighted by Crippen LogP contribution is 2.28. The number of nitrogens with two attached hydrogens (primary N) is 1. The van der Waals surface area contributed by atoms with Gasteiger partial charge in [-0.05, 0) is 39.0 Å². The first kappa shape index (κ1) is 14.9. The van der Waals surface area contributed by atoms with Gasteiger partial charge in [-0.2, -0.15) is 0 Å². The first-order valence-electron chi connectivity index (χ1n) is 6.75. The topological polar surface area (TPSA) is 93.2 Å². The standard InChI is InChI=1S/C15H20N4O2/c1-8(14-9(2)19-21-10(14)3)18-13-6-5-11(7-12(13)16)15(20)17-4/h5-8,18H,16H2,1-4H3,(H,17,20). The lowest BCUT2D eigenvalue weighted by molar-refractivity contribution is 0.0963. The van der Waals surface area contributed by atoms with Crippen LogP contribution in [0.25, 0.3) is 0 Å². The molecule has 0 aliphatic rings. The third-order valence-corrected chi connectivity index (χ3v) is 3.43. The average molecular weight is 288 g/mol. The summed E-state index contributed by atoms with van der Waals surface area (Å²) in [5, 5.41) is 9.84. The number of carbonyl (C=O) groups is 1. The summed E-state index contributed by atoms with van der Waals surface area (Å²) in [5.74, 6) is 0.625. The number of aryl methyl sites for hydroxylation is 2.